The molecule has 0 aliphatic rings. The Morgan fingerprint density at radius 1 is 1.77 bits per heavy atom. The van der Waals surface area contributed by atoms with Crippen molar-refractivity contribution in [3.8, 4) is 0 Å². The second-order valence-corrected chi connectivity index (χ2v) is 3.13. The van der Waals surface area contributed by atoms with E-state index in [0.29, 0.717) is 12.1 Å². The third-order valence-electron chi connectivity index (χ3n) is 1.58. The van der Waals surface area contributed by atoms with Crippen molar-refractivity contribution in [2.75, 3.05) is 6.54 Å². The number of carbonyl (C=O) groups is 1. The van der Waals surface area contributed by atoms with E-state index in [1.807, 2.05) is 6.92 Å². The lowest BCUT2D eigenvalue weighted by Gasteiger charge is -2.05. The number of amides is 1. The van der Waals surface area contributed by atoms with Crippen LogP contribution in [0.1, 0.15) is 23.0 Å². The molecule has 72 valence electrons. The lowest BCUT2D eigenvalue weighted by atomic mass is 10.3. The predicted molar refractivity (Wildman–Crippen MR) is 49.4 cm³/mol. The van der Waals surface area contributed by atoms with Crippen molar-refractivity contribution in [2.24, 2.45) is 5.73 Å². The Hall–Kier alpha value is -1.29. The summed E-state index contributed by atoms with van der Waals surface area (Å²) < 4.78 is 5.00. The molecule has 0 saturated carbocycles. The standard InChI is InChI=1S/C9H14N2O2/c1-6(10)4-11-9(12)8-3-7(2)13-5-8/h3,5-6H,4,10H2,1-2H3,(H,11,12). The lowest BCUT2D eigenvalue weighted by molar-refractivity contribution is 0.0951. The molecule has 1 aromatic rings. The fourth-order valence-corrected chi connectivity index (χ4v) is 0.918. The van der Waals surface area contributed by atoms with E-state index in [1.54, 1.807) is 13.0 Å². The van der Waals surface area contributed by atoms with Crippen LogP contribution >= 0.6 is 0 Å². The monoisotopic (exact) mass is 182 g/mol. The van der Waals surface area contributed by atoms with Crippen molar-refractivity contribution < 1.29 is 9.21 Å². The number of furan rings is 1. The topological polar surface area (TPSA) is 68.3 Å². The zero-order valence-corrected chi connectivity index (χ0v) is 7.83. The van der Waals surface area contributed by atoms with E-state index in [0.717, 1.165) is 5.76 Å². The number of hydrogen-bond donors (Lipinski definition) is 2. The van der Waals surface area contributed by atoms with Gasteiger partial charge in [0.1, 0.15) is 12.0 Å². The van der Waals surface area contributed by atoms with Gasteiger partial charge < -0.3 is 15.5 Å². The maximum atomic E-state index is 11.3. The van der Waals surface area contributed by atoms with Crippen molar-refractivity contribution in [1.29, 1.82) is 0 Å². The van der Waals surface area contributed by atoms with E-state index in [9.17, 15) is 4.79 Å². The van der Waals surface area contributed by atoms with Crippen LogP contribution in [0.25, 0.3) is 0 Å². The molecule has 1 aromatic heterocycles. The Balaban J connectivity index is 2.49. The number of hydrogen-bond acceptors (Lipinski definition) is 3. The number of rotatable bonds is 3. The van der Waals surface area contributed by atoms with Crippen molar-refractivity contribution in [1.82, 2.24) is 5.32 Å². The molecule has 0 aliphatic heterocycles. The maximum absolute atomic E-state index is 11.3. The molecule has 0 radical (unpaired) electrons. The summed E-state index contributed by atoms with van der Waals surface area (Å²) in [5.74, 6) is 0.583. The smallest absolute Gasteiger partial charge is 0.254 e. The largest absolute Gasteiger partial charge is 0.469 e. The Morgan fingerprint density at radius 3 is 2.92 bits per heavy atom. The second kappa shape index (κ2) is 4.09. The highest BCUT2D eigenvalue weighted by Gasteiger charge is 2.07. The van der Waals surface area contributed by atoms with E-state index in [1.165, 1.54) is 6.26 Å². The Morgan fingerprint density at radius 2 is 2.46 bits per heavy atom. The summed E-state index contributed by atoms with van der Waals surface area (Å²) in [4.78, 5) is 11.3. The fourth-order valence-electron chi connectivity index (χ4n) is 0.918. The second-order valence-electron chi connectivity index (χ2n) is 3.13. The zero-order valence-electron chi connectivity index (χ0n) is 7.83. The van der Waals surface area contributed by atoms with Gasteiger partial charge in [-0.25, -0.2) is 0 Å². The predicted octanol–water partition coefficient (Wildman–Crippen LogP) is 0.665. The van der Waals surface area contributed by atoms with Gasteiger partial charge in [0.05, 0.1) is 5.56 Å². The van der Waals surface area contributed by atoms with Gasteiger partial charge in [-0.3, -0.25) is 4.79 Å². The minimum Gasteiger partial charge on any atom is -0.469 e. The molecule has 13 heavy (non-hydrogen) atoms. The molecule has 4 heteroatoms. The molecular weight excluding hydrogens is 168 g/mol. The van der Waals surface area contributed by atoms with Crippen LogP contribution in [-0.4, -0.2) is 18.5 Å². The average Bonchev–Trinajstić information content (AvgIpc) is 2.47. The van der Waals surface area contributed by atoms with Gasteiger partial charge >= 0.3 is 0 Å². The number of aryl methyl sites for hydroxylation is 1. The molecule has 0 aromatic carbocycles. The van der Waals surface area contributed by atoms with Crippen LogP contribution in [0.15, 0.2) is 16.7 Å². The third-order valence-corrected chi connectivity index (χ3v) is 1.58. The van der Waals surface area contributed by atoms with Gasteiger partial charge in [-0.15, -0.1) is 0 Å². The van der Waals surface area contributed by atoms with E-state index < -0.39 is 0 Å². The van der Waals surface area contributed by atoms with E-state index in [-0.39, 0.29) is 11.9 Å². The minimum atomic E-state index is -0.144. The summed E-state index contributed by atoms with van der Waals surface area (Å²) in [6.45, 7) is 4.10. The molecular formula is C9H14N2O2. The highest BCUT2D eigenvalue weighted by Crippen LogP contribution is 2.05. The fraction of sp³-hybridized carbons (Fsp3) is 0.444. The molecule has 0 fully saturated rings. The van der Waals surface area contributed by atoms with E-state index >= 15 is 0 Å². The molecule has 0 bridgehead atoms. The molecule has 0 saturated heterocycles. The first-order valence-electron chi connectivity index (χ1n) is 4.18. The summed E-state index contributed by atoms with van der Waals surface area (Å²) in [5, 5.41) is 2.69. The van der Waals surface area contributed by atoms with Crippen LogP contribution in [-0.2, 0) is 0 Å². The summed E-state index contributed by atoms with van der Waals surface area (Å²) in [6, 6.07) is 1.66. The molecule has 1 atom stereocenters. The first-order chi connectivity index (χ1) is 6.09. The SMILES string of the molecule is Cc1cc(C(=O)NCC(C)N)co1. The van der Waals surface area contributed by atoms with Crippen LogP contribution in [0.5, 0.6) is 0 Å². The van der Waals surface area contributed by atoms with Crippen LogP contribution in [0.2, 0.25) is 0 Å². The van der Waals surface area contributed by atoms with Crippen LogP contribution in [0.3, 0.4) is 0 Å². The van der Waals surface area contributed by atoms with E-state index in [2.05, 4.69) is 5.32 Å². The van der Waals surface area contributed by atoms with Crippen LogP contribution < -0.4 is 11.1 Å². The molecule has 3 N–H and O–H groups in total. The van der Waals surface area contributed by atoms with Crippen LogP contribution in [0, 0.1) is 6.92 Å². The zero-order chi connectivity index (χ0) is 9.84. The molecule has 0 spiro atoms. The number of nitrogens with one attached hydrogen (secondary N) is 1. The first-order valence-corrected chi connectivity index (χ1v) is 4.18. The average molecular weight is 182 g/mol. The Bertz CT molecular complexity index is 292. The molecule has 1 heterocycles. The summed E-state index contributed by atoms with van der Waals surface area (Å²) >= 11 is 0. The maximum Gasteiger partial charge on any atom is 0.254 e. The summed E-state index contributed by atoms with van der Waals surface area (Å²) in [5.41, 5.74) is 6.03. The first kappa shape index (κ1) is 9.80. The van der Waals surface area contributed by atoms with Gasteiger partial charge in [-0.05, 0) is 19.9 Å². The van der Waals surface area contributed by atoms with Gasteiger partial charge in [0.15, 0.2) is 0 Å². The molecule has 0 aliphatic carbocycles. The number of nitrogens with two attached hydrogens (primary N) is 1. The normalized spacial score (nSPS) is 12.5. The molecule has 1 unspecified atom stereocenters. The van der Waals surface area contributed by atoms with Gasteiger partial charge in [0.25, 0.3) is 5.91 Å². The van der Waals surface area contributed by atoms with Gasteiger partial charge in [-0.2, -0.15) is 0 Å². The summed E-state index contributed by atoms with van der Waals surface area (Å²) in [6.07, 6.45) is 1.44. The van der Waals surface area contributed by atoms with E-state index in [4.69, 9.17) is 10.2 Å². The summed E-state index contributed by atoms with van der Waals surface area (Å²) in [7, 11) is 0. The Labute approximate surface area is 77.1 Å². The van der Waals surface area contributed by atoms with Gasteiger partial charge in [-0.1, -0.05) is 0 Å². The van der Waals surface area contributed by atoms with Crippen molar-refractivity contribution in [2.45, 2.75) is 19.9 Å². The quantitative estimate of drug-likeness (QED) is 0.721. The highest BCUT2D eigenvalue weighted by atomic mass is 16.3. The molecule has 4 nitrogen and oxygen atoms in total. The molecule has 1 rings (SSSR count). The van der Waals surface area contributed by atoms with Crippen molar-refractivity contribution >= 4 is 5.91 Å². The third kappa shape index (κ3) is 2.91. The number of carbonyl (C=O) groups excluding carboxylic acids is 1. The van der Waals surface area contributed by atoms with Crippen molar-refractivity contribution in [3.63, 3.8) is 0 Å². The Kier molecular flexibility index (Phi) is 3.08. The van der Waals surface area contributed by atoms with Crippen LogP contribution in [0.4, 0.5) is 0 Å². The van der Waals surface area contributed by atoms with Crippen molar-refractivity contribution in [3.05, 3.63) is 23.7 Å². The highest BCUT2D eigenvalue weighted by molar-refractivity contribution is 5.93. The minimum absolute atomic E-state index is 0.0306. The van der Waals surface area contributed by atoms with Gasteiger partial charge in [0.2, 0.25) is 0 Å². The lowest BCUT2D eigenvalue weighted by Crippen LogP contribution is -2.34. The van der Waals surface area contributed by atoms with Gasteiger partial charge in [0, 0.05) is 12.6 Å². The molecule has 1 amide bonds.